The van der Waals surface area contributed by atoms with E-state index in [1.54, 1.807) is 0 Å². The molecular formula is C23H25N3O4S. The lowest BCUT2D eigenvalue weighted by molar-refractivity contribution is 0.102. The maximum atomic E-state index is 12.5. The van der Waals surface area contributed by atoms with Gasteiger partial charge in [-0.25, -0.2) is 4.79 Å². The van der Waals surface area contributed by atoms with Crippen molar-refractivity contribution in [1.82, 2.24) is 10.2 Å². The fraction of sp³-hybridized carbons (Fsp3) is 0.304. The van der Waals surface area contributed by atoms with Gasteiger partial charge in [-0.15, -0.1) is 10.2 Å². The van der Waals surface area contributed by atoms with Crippen LogP contribution < -0.4 is 5.32 Å². The topological polar surface area (TPSA) is 112 Å². The quantitative estimate of drug-likeness (QED) is 0.473. The Labute approximate surface area is 184 Å². The van der Waals surface area contributed by atoms with Gasteiger partial charge >= 0.3 is 6.16 Å². The van der Waals surface area contributed by atoms with Gasteiger partial charge in [-0.1, -0.05) is 73.1 Å². The Balaban J connectivity index is 0.000000628. The SMILES string of the molecule is O=C(Nc1nnc(Cc2ccccc2)s1)c1ccc(C2CCCCC2)cc1.O=C(O)O. The van der Waals surface area contributed by atoms with E-state index in [9.17, 15) is 4.79 Å². The van der Waals surface area contributed by atoms with Crippen molar-refractivity contribution in [2.45, 2.75) is 44.4 Å². The molecule has 1 heterocycles. The number of nitrogens with one attached hydrogen (secondary N) is 1. The summed E-state index contributed by atoms with van der Waals surface area (Å²) < 4.78 is 0. The molecule has 1 amide bonds. The van der Waals surface area contributed by atoms with Crippen molar-refractivity contribution in [1.29, 1.82) is 0 Å². The molecule has 2 aromatic carbocycles. The standard InChI is InChI=1S/C22H23N3OS.CH2O3/c26-21(19-13-11-18(12-14-19)17-9-5-2-6-10-17)23-22-25-24-20(27-22)15-16-7-3-1-4-8-16;2-1(3)4/h1,3-4,7-8,11-14,17H,2,5-6,9-10,15H2,(H,23,25,26);(H2,2,3,4). The fourth-order valence-corrected chi connectivity index (χ4v) is 4.43. The van der Waals surface area contributed by atoms with E-state index in [1.165, 1.54) is 54.6 Å². The molecule has 0 unspecified atom stereocenters. The normalized spacial score (nSPS) is 13.7. The van der Waals surface area contributed by atoms with E-state index in [0.29, 0.717) is 16.6 Å². The van der Waals surface area contributed by atoms with Gasteiger partial charge in [0.25, 0.3) is 5.91 Å². The van der Waals surface area contributed by atoms with E-state index in [4.69, 9.17) is 15.0 Å². The predicted molar refractivity (Wildman–Crippen MR) is 120 cm³/mol. The average Bonchev–Trinajstić information content (AvgIpc) is 3.21. The van der Waals surface area contributed by atoms with Crippen LogP contribution in [0, 0.1) is 0 Å². The van der Waals surface area contributed by atoms with Crippen LogP contribution in [0.25, 0.3) is 0 Å². The van der Waals surface area contributed by atoms with Crippen LogP contribution in [0.3, 0.4) is 0 Å². The van der Waals surface area contributed by atoms with E-state index in [2.05, 4.69) is 39.8 Å². The molecule has 0 aliphatic heterocycles. The van der Waals surface area contributed by atoms with Gasteiger partial charge in [0.1, 0.15) is 5.01 Å². The van der Waals surface area contributed by atoms with Crippen LogP contribution in [0.1, 0.15) is 64.5 Å². The van der Waals surface area contributed by atoms with E-state index < -0.39 is 6.16 Å². The summed E-state index contributed by atoms with van der Waals surface area (Å²) in [4.78, 5) is 21.1. The molecule has 1 saturated carbocycles. The Morgan fingerprint density at radius 1 is 0.935 bits per heavy atom. The summed E-state index contributed by atoms with van der Waals surface area (Å²) in [5.41, 5.74) is 3.20. The molecule has 0 bridgehead atoms. The number of carbonyl (C=O) groups excluding carboxylic acids is 1. The average molecular weight is 440 g/mol. The maximum absolute atomic E-state index is 12.5. The van der Waals surface area contributed by atoms with Gasteiger partial charge in [0.15, 0.2) is 0 Å². The monoisotopic (exact) mass is 439 g/mol. The van der Waals surface area contributed by atoms with E-state index in [1.807, 2.05) is 30.3 Å². The Hall–Kier alpha value is -3.26. The molecule has 1 aromatic heterocycles. The third-order valence-electron chi connectivity index (χ3n) is 5.13. The van der Waals surface area contributed by atoms with Crippen LogP contribution in [0.2, 0.25) is 0 Å². The van der Waals surface area contributed by atoms with Gasteiger partial charge in [0.2, 0.25) is 5.13 Å². The first-order valence-electron chi connectivity index (χ1n) is 10.2. The first-order valence-corrected chi connectivity index (χ1v) is 11.0. The number of hydrogen-bond acceptors (Lipinski definition) is 5. The van der Waals surface area contributed by atoms with Gasteiger partial charge in [0, 0.05) is 12.0 Å². The number of rotatable bonds is 5. The minimum Gasteiger partial charge on any atom is -0.450 e. The molecular weight excluding hydrogens is 414 g/mol. The van der Waals surface area contributed by atoms with Gasteiger partial charge in [0.05, 0.1) is 0 Å². The molecule has 0 radical (unpaired) electrons. The molecule has 4 rings (SSSR count). The summed E-state index contributed by atoms with van der Waals surface area (Å²) in [6.45, 7) is 0. The van der Waals surface area contributed by atoms with Crippen LogP contribution in [0.15, 0.2) is 54.6 Å². The Morgan fingerprint density at radius 2 is 1.58 bits per heavy atom. The maximum Gasteiger partial charge on any atom is 0.503 e. The lowest BCUT2D eigenvalue weighted by Crippen LogP contribution is -2.12. The van der Waals surface area contributed by atoms with Crippen molar-refractivity contribution in [3.63, 3.8) is 0 Å². The van der Waals surface area contributed by atoms with E-state index >= 15 is 0 Å². The molecule has 31 heavy (non-hydrogen) atoms. The van der Waals surface area contributed by atoms with Crippen LogP contribution in [0.5, 0.6) is 0 Å². The number of aromatic nitrogens is 2. The second-order valence-corrected chi connectivity index (χ2v) is 8.42. The van der Waals surface area contributed by atoms with Crippen molar-refractivity contribution in [3.8, 4) is 0 Å². The van der Waals surface area contributed by atoms with Crippen molar-refractivity contribution in [3.05, 3.63) is 76.3 Å². The number of nitrogens with zero attached hydrogens (tertiary/aromatic N) is 2. The van der Waals surface area contributed by atoms with Gasteiger partial charge in [-0.05, 0) is 42.0 Å². The van der Waals surface area contributed by atoms with Crippen molar-refractivity contribution in [2.75, 3.05) is 5.32 Å². The minimum atomic E-state index is -1.83. The third kappa shape index (κ3) is 7.18. The first-order chi connectivity index (χ1) is 15.0. The molecule has 3 aromatic rings. The molecule has 3 N–H and O–H groups in total. The zero-order valence-electron chi connectivity index (χ0n) is 17.0. The van der Waals surface area contributed by atoms with E-state index in [0.717, 1.165) is 11.4 Å². The highest BCUT2D eigenvalue weighted by Gasteiger charge is 2.16. The van der Waals surface area contributed by atoms with Gasteiger partial charge in [-0.2, -0.15) is 0 Å². The van der Waals surface area contributed by atoms with Crippen LogP contribution in [-0.2, 0) is 6.42 Å². The summed E-state index contributed by atoms with van der Waals surface area (Å²) in [5.74, 6) is 0.521. The van der Waals surface area contributed by atoms with Crippen molar-refractivity contribution < 1.29 is 19.8 Å². The second-order valence-electron chi connectivity index (χ2n) is 7.36. The zero-order chi connectivity index (χ0) is 22.1. The van der Waals surface area contributed by atoms with Gasteiger partial charge < -0.3 is 10.2 Å². The molecule has 162 valence electrons. The lowest BCUT2D eigenvalue weighted by Gasteiger charge is -2.22. The third-order valence-corrected chi connectivity index (χ3v) is 5.97. The molecule has 0 saturated heterocycles. The summed E-state index contributed by atoms with van der Waals surface area (Å²) in [7, 11) is 0. The summed E-state index contributed by atoms with van der Waals surface area (Å²) in [5, 5.41) is 26.5. The van der Waals surface area contributed by atoms with Crippen molar-refractivity contribution in [2.24, 2.45) is 0 Å². The van der Waals surface area contributed by atoms with Crippen molar-refractivity contribution >= 4 is 28.5 Å². The fourth-order valence-electron chi connectivity index (χ4n) is 3.66. The number of benzene rings is 2. The number of hydrogen-bond donors (Lipinski definition) is 3. The molecule has 0 spiro atoms. The Bertz CT molecular complexity index is 980. The van der Waals surface area contributed by atoms with E-state index in [-0.39, 0.29) is 5.91 Å². The van der Waals surface area contributed by atoms with Gasteiger partial charge in [-0.3, -0.25) is 10.1 Å². The summed E-state index contributed by atoms with van der Waals surface area (Å²) >= 11 is 1.42. The highest BCUT2D eigenvalue weighted by atomic mass is 32.1. The smallest absolute Gasteiger partial charge is 0.450 e. The minimum absolute atomic E-state index is 0.132. The van der Waals surface area contributed by atoms with Crippen LogP contribution >= 0.6 is 11.3 Å². The summed E-state index contributed by atoms with van der Waals surface area (Å²) in [6.07, 6.45) is 5.40. The highest BCUT2D eigenvalue weighted by Crippen LogP contribution is 2.32. The molecule has 0 atom stereocenters. The molecule has 1 fully saturated rings. The number of carboxylic acid groups (broad SMARTS) is 2. The number of carbonyl (C=O) groups is 2. The largest absolute Gasteiger partial charge is 0.503 e. The number of amides is 1. The highest BCUT2D eigenvalue weighted by molar-refractivity contribution is 7.15. The lowest BCUT2D eigenvalue weighted by atomic mass is 9.84. The second kappa shape index (κ2) is 11.2. The molecule has 1 aliphatic rings. The molecule has 1 aliphatic carbocycles. The van der Waals surface area contributed by atoms with Crippen LogP contribution in [0.4, 0.5) is 9.93 Å². The number of anilines is 1. The summed E-state index contributed by atoms with van der Waals surface area (Å²) in [6, 6.07) is 18.2. The molecule has 8 heteroatoms. The first kappa shape index (κ1) is 22.4. The zero-order valence-corrected chi connectivity index (χ0v) is 17.8. The Morgan fingerprint density at radius 3 is 2.23 bits per heavy atom. The predicted octanol–water partition coefficient (Wildman–Crippen LogP) is 5.65. The van der Waals surface area contributed by atoms with Crippen LogP contribution in [-0.4, -0.2) is 32.5 Å². The molecule has 7 nitrogen and oxygen atoms in total. The Kier molecular flexibility index (Phi) is 8.12.